The van der Waals surface area contributed by atoms with Gasteiger partial charge < -0.3 is 0 Å². The molecule has 1 aliphatic rings. The summed E-state index contributed by atoms with van der Waals surface area (Å²) in [7, 11) is 0. The van der Waals surface area contributed by atoms with E-state index in [2.05, 4.69) is 57.7 Å². The van der Waals surface area contributed by atoms with E-state index in [0.29, 0.717) is 0 Å². The summed E-state index contributed by atoms with van der Waals surface area (Å²) in [4.78, 5) is 1.37. The zero-order valence-corrected chi connectivity index (χ0v) is 10.4. The summed E-state index contributed by atoms with van der Waals surface area (Å²) < 4.78 is 1.22. The second-order valence-electron chi connectivity index (χ2n) is 3.57. The molecule has 0 saturated carbocycles. The van der Waals surface area contributed by atoms with Gasteiger partial charge >= 0.3 is 0 Å². The molecule has 1 aliphatic carbocycles. The third kappa shape index (κ3) is 1.48. The molecule has 0 aliphatic heterocycles. The zero-order valence-electron chi connectivity index (χ0n) is 8.03. The molecule has 1 aromatic heterocycles. The van der Waals surface area contributed by atoms with Crippen molar-refractivity contribution in [1.29, 1.82) is 0 Å². The van der Waals surface area contributed by atoms with Crippen LogP contribution in [0.4, 0.5) is 0 Å². The van der Waals surface area contributed by atoms with E-state index >= 15 is 0 Å². The molecule has 2 heteroatoms. The fourth-order valence-corrected chi connectivity index (χ4v) is 3.31. The Morgan fingerprint density at radius 1 is 1.13 bits per heavy atom. The number of benzene rings is 1. The summed E-state index contributed by atoms with van der Waals surface area (Å²) in [5.41, 5.74) is 4.19. The van der Waals surface area contributed by atoms with Crippen LogP contribution in [0, 0.1) is 0 Å². The number of halogens is 1. The van der Waals surface area contributed by atoms with Gasteiger partial charge in [0.15, 0.2) is 0 Å². The van der Waals surface area contributed by atoms with Crippen molar-refractivity contribution in [2.75, 3.05) is 0 Å². The van der Waals surface area contributed by atoms with Crippen LogP contribution in [0.3, 0.4) is 0 Å². The van der Waals surface area contributed by atoms with Gasteiger partial charge in [-0.3, -0.25) is 0 Å². The third-order valence-electron chi connectivity index (χ3n) is 2.71. The molecular weight excluding hydrogens is 268 g/mol. The summed E-state index contributed by atoms with van der Waals surface area (Å²) >= 11 is 5.41. The number of thiophene rings is 1. The van der Waals surface area contributed by atoms with Crippen molar-refractivity contribution in [3.8, 4) is 0 Å². The SMILES string of the molecule is Brc1cccc2c1CC=C2c1cccs1. The van der Waals surface area contributed by atoms with E-state index in [-0.39, 0.29) is 0 Å². The van der Waals surface area contributed by atoms with E-state index in [1.54, 1.807) is 11.3 Å². The standard InChI is InChI=1S/C13H9BrS/c14-12-4-1-3-9-10(12)6-7-11(9)13-5-2-8-15-13/h1-5,7-8H,6H2. The average Bonchev–Trinajstić information content (AvgIpc) is 2.85. The first-order valence-electron chi connectivity index (χ1n) is 4.88. The fraction of sp³-hybridized carbons (Fsp3) is 0.0769. The van der Waals surface area contributed by atoms with Crippen molar-refractivity contribution in [1.82, 2.24) is 0 Å². The van der Waals surface area contributed by atoms with Crippen LogP contribution in [-0.2, 0) is 6.42 Å². The van der Waals surface area contributed by atoms with Gasteiger partial charge in [-0.15, -0.1) is 11.3 Å². The molecule has 0 fully saturated rings. The van der Waals surface area contributed by atoms with Gasteiger partial charge in [-0.25, -0.2) is 0 Å². The fourth-order valence-electron chi connectivity index (χ4n) is 2.00. The summed E-state index contributed by atoms with van der Waals surface area (Å²) in [6.45, 7) is 0. The minimum absolute atomic E-state index is 1.05. The van der Waals surface area contributed by atoms with Gasteiger partial charge in [-0.1, -0.05) is 40.2 Å². The second-order valence-corrected chi connectivity index (χ2v) is 5.37. The van der Waals surface area contributed by atoms with Crippen LogP contribution >= 0.6 is 27.3 Å². The lowest BCUT2D eigenvalue weighted by Gasteiger charge is -2.04. The van der Waals surface area contributed by atoms with E-state index < -0.39 is 0 Å². The lowest BCUT2D eigenvalue weighted by molar-refractivity contribution is 1.29. The molecule has 1 aromatic carbocycles. The van der Waals surface area contributed by atoms with Crippen molar-refractivity contribution >= 4 is 32.8 Å². The highest BCUT2D eigenvalue weighted by molar-refractivity contribution is 9.10. The zero-order chi connectivity index (χ0) is 10.3. The molecule has 0 atom stereocenters. The predicted octanol–water partition coefficient (Wildman–Crippen LogP) is 4.50. The van der Waals surface area contributed by atoms with E-state index in [0.717, 1.165) is 6.42 Å². The highest BCUT2D eigenvalue weighted by Gasteiger charge is 2.17. The molecule has 15 heavy (non-hydrogen) atoms. The largest absolute Gasteiger partial charge is 0.144 e. The van der Waals surface area contributed by atoms with Crippen LogP contribution in [0.15, 0.2) is 46.3 Å². The predicted molar refractivity (Wildman–Crippen MR) is 69.2 cm³/mol. The first-order valence-corrected chi connectivity index (χ1v) is 6.55. The molecule has 0 N–H and O–H groups in total. The number of fused-ring (bicyclic) bond motifs is 1. The second kappa shape index (κ2) is 3.62. The topological polar surface area (TPSA) is 0 Å². The highest BCUT2D eigenvalue weighted by atomic mass is 79.9. The molecule has 0 radical (unpaired) electrons. The minimum atomic E-state index is 1.05. The van der Waals surface area contributed by atoms with Crippen LogP contribution < -0.4 is 0 Å². The first kappa shape index (κ1) is 9.37. The Kier molecular flexibility index (Phi) is 2.26. The Labute approximate surface area is 101 Å². The molecule has 0 nitrogen and oxygen atoms in total. The maximum absolute atomic E-state index is 3.61. The van der Waals surface area contributed by atoms with Gasteiger partial charge in [0.1, 0.15) is 0 Å². The maximum Gasteiger partial charge on any atom is 0.0345 e. The Balaban J connectivity index is 2.15. The van der Waals surface area contributed by atoms with E-state index in [1.807, 2.05) is 0 Å². The summed E-state index contributed by atoms with van der Waals surface area (Å²) in [6.07, 6.45) is 3.37. The van der Waals surface area contributed by atoms with Crippen molar-refractivity contribution in [2.24, 2.45) is 0 Å². The van der Waals surface area contributed by atoms with Crippen LogP contribution in [0.2, 0.25) is 0 Å². The van der Waals surface area contributed by atoms with E-state index in [4.69, 9.17) is 0 Å². The molecule has 0 amide bonds. The van der Waals surface area contributed by atoms with Gasteiger partial charge in [0.05, 0.1) is 0 Å². The molecule has 0 saturated heterocycles. The third-order valence-corrected chi connectivity index (χ3v) is 4.35. The van der Waals surface area contributed by atoms with Crippen molar-refractivity contribution in [3.63, 3.8) is 0 Å². The quantitative estimate of drug-likeness (QED) is 0.720. The summed E-state index contributed by atoms with van der Waals surface area (Å²) in [5.74, 6) is 0. The molecule has 2 aromatic rings. The van der Waals surface area contributed by atoms with Gasteiger partial charge in [-0.2, -0.15) is 0 Å². The van der Waals surface area contributed by atoms with Crippen LogP contribution in [-0.4, -0.2) is 0 Å². The van der Waals surface area contributed by atoms with Crippen molar-refractivity contribution < 1.29 is 0 Å². The van der Waals surface area contributed by atoms with Crippen molar-refractivity contribution in [2.45, 2.75) is 6.42 Å². The normalized spacial score (nSPS) is 13.8. The molecule has 3 rings (SSSR count). The lowest BCUT2D eigenvalue weighted by atomic mass is 10.1. The molecule has 0 bridgehead atoms. The number of hydrogen-bond acceptors (Lipinski definition) is 1. The van der Waals surface area contributed by atoms with Gasteiger partial charge in [-0.05, 0) is 40.6 Å². The molecule has 0 spiro atoms. The summed E-state index contributed by atoms with van der Waals surface area (Å²) in [5, 5.41) is 2.13. The molecular formula is C13H9BrS. The Morgan fingerprint density at radius 3 is 2.87 bits per heavy atom. The monoisotopic (exact) mass is 276 g/mol. The molecule has 1 heterocycles. The minimum Gasteiger partial charge on any atom is -0.144 e. The van der Waals surface area contributed by atoms with Gasteiger partial charge in [0.25, 0.3) is 0 Å². The van der Waals surface area contributed by atoms with Crippen LogP contribution in [0.5, 0.6) is 0 Å². The highest BCUT2D eigenvalue weighted by Crippen LogP contribution is 2.37. The van der Waals surface area contributed by atoms with Crippen LogP contribution in [0.25, 0.3) is 5.57 Å². The average molecular weight is 277 g/mol. The van der Waals surface area contributed by atoms with Gasteiger partial charge in [0, 0.05) is 9.35 Å². The van der Waals surface area contributed by atoms with Gasteiger partial charge in [0.2, 0.25) is 0 Å². The number of hydrogen-bond donors (Lipinski definition) is 0. The molecule has 0 unspecified atom stereocenters. The lowest BCUT2D eigenvalue weighted by Crippen LogP contribution is -1.85. The van der Waals surface area contributed by atoms with Crippen molar-refractivity contribution in [3.05, 3.63) is 62.3 Å². The first-order chi connectivity index (χ1) is 7.36. The Hall–Kier alpha value is -0.860. The number of rotatable bonds is 1. The smallest absolute Gasteiger partial charge is 0.0345 e. The Bertz CT molecular complexity index is 523. The van der Waals surface area contributed by atoms with E-state index in [9.17, 15) is 0 Å². The molecule has 74 valence electrons. The Morgan fingerprint density at radius 2 is 2.07 bits per heavy atom. The van der Waals surface area contributed by atoms with Crippen LogP contribution in [0.1, 0.15) is 16.0 Å². The summed E-state index contributed by atoms with van der Waals surface area (Å²) in [6, 6.07) is 10.7. The maximum atomic E-state index is 3.61. The number of allylic oxidation sites excluding steroid dienone is 1. The van der Waals surface area contributed by atoms with E-state index in [1.165, 1.54) is 26.0 Å².